The van der Waals surface area contributed by atoms with Crippen LogP contribution in [-0.4, -0.2) is 58.1 Å². The fourth-order valence-electron chi connectivity index (χ4n) is 5.72. The Labute approximate surface area is 186 Å². The number of pyridine rings is 1. The molecule has 2 aliphatic carbocycles. The predicted molar refractivity (Wildman–Crippen MR) is 117 cm³/mol. The maximum Gasteiger partial charge on any atom is 0.387 e. The lowest BCUT2D eigenvalue weighted by atomic mass is 10.0. The molecule has 0 bridgehead atoms. The molecule has 3 heterocycles. The van der Waals surface area contributed by atoms with E-state index in [1.807, 2.05) is 0 Å². The third kappa shape index (κ3) is 3.96. The summed E-state index contributed by atoms with van der Waals surface area (Å²) in [5.41, 5.74) is 8.26. The second-order valence-corrected chi connectivity index (χ2v) is 9.63. The number of aromatic nitrogens is 3. The number of nitrogens with zero attached hydrogens (tertiary/aromatic N) is 4. The van der Waals surface area contributed by atoms with Crippen LogP contribution in [0.4, 0.5) is 14.6 Å². The van der Waals surface area contributed by atoms with Gasteiger partial charge >= 0.3 is 6.61 Å². The molecular weight excluding hydrogens is 416 g/mol. The molecule has 32 heavy (non-hydrogen) atoms. The molecule has 9 heteroatoms. The fourth-order valence-corrected chi connectivity index (χ4v) is 5.72. The first kappa shape index (κ1) is 21.6. The molecule has 2 saturated carbocycles. The van der Waals surface area contributed by atoms with E-state index < -0.39 is 6.61 Å². The summed E-state index contributed by atoms with van der Waals surface area (Å²) in [6.45, 7) is 6.30. The van der Waals surface area contributed by atoms with Crippen LogP contribution in [0.15, 0.2) is 18.3 Å². The lowest BCUT2D eigenvalue weighted by Crippen LogP contribution is -2.46. The molecule has 7 nitrogen and oxygen atoms in total. The third-order valence-electron chi connectivity index (χ3n) is 7.20. The van der Waals surface area contributed by atoms with Crippen molar-refractivity contribution in [2.24, 2.45) is 11.8 Å². The number of nitrogens with two attached hydrogens (primary N) is 1. The van der Waals surface area contributed by atoms with E-state index in [1.165, 1.54) is 24.6 Å². The molecule has 0 amide bonds. The minimum atomic E-state index is -2.95. The van der Waals surface area contributed by atoms with Crippen molar-refractivity contribution in [1.29, 1.82) is 0 Å². The summed E-state index contributed by atoms with van der Waals surface area (Å²) >= 11 is 0. The predicted octanol–water partition coefficient (Wildman–Crippen LogP) is 3.92. The number of ether oxygens (including phenoxy) is 2. The Balaban J connectivity index is 1.35. The van der Waals surface area contributed by atoms with Crippen molar-refractivity contribution in [2.45, 2.75) is 64.3 Å². The van der Waals surface area contributed by atoms with Crippen molar-refractivity contribution in [2.75, 3.05) is 25.4 Å². The number of hydrogen-bond acceptors (Lipinski definition) is 6. The zero-order valence-electron chi connectivity index (χ0n) is 18.7. The summed E-state index contributed by atoms with van der Waals surface area (Å²) in [5, 5.41) is 4.80. The second kappa shape index (κ2) is 8.26. The minimum absolute atomic E-state index is 0.0576. The molecule has 1 saturated heterocycles. The van der Waals surface area contributed by atoms with E-state index in [4.69, 9.17) is 15.6 Å². The number of anilines is 1. The van der Waals surface area contributed by atoms with Gasteiger partial charge in [-0.15, -0.1) is 0 Å². The molecule has 2 N–H and O–H groups in total. The van der Waals surface area contributed by atoms with Gasteiger partial charge < -0.3 is 15.2 Å². The summed E-state index contributed by atoms with van der Waals surface area (Å²) in [6.07, 6.45) is 4.31. The maximum absolute atomic E-state index is 12.7. The van der Waals surface area contributed by atoms with Gasteiger partial charge in [-0.05, 0) is 57.6 Å². The Morgan fingerprint density at radius 1 is 1.22 bits per heavy atom. The van der Waals surface area contributed by atoms with E-state index in [1.54, 1.807) is 6.20 Å². The van der Waals surface area contributed by atoms with E-state index in [0.717, 1.165) is 19.7 Å². The van der Waals surface area contributed by atoms with Gasteiger partial charge in [-0.3, -0.25) is 9.58 Å². The number of alkyl halides is 2. The largest absolute Gasteiger partial charge is 0.431 e. The van der Waals surface area contributed by atoms with Crippen LogP contribution in [0.5, 0.6) is 5.75 Å². The van der Waals surface area contributed by atoms with Crippen LogP contribution < -0.4 is 10.5 Å². The number of hydrogen-bond donors (Lipinski definition) is 1. The van der Waals surface area contributed by atoms with Crippen LogP contribution in [0.3, 0.4) is 0 Å². The van der Waals surface area contributed by atoms with Gasteiger partial charge in [-0.25, -0.2) is 4.98 Å². The first-order chi connectivity index (χ1) is 15.3. The van der Waals surface area contributed by atoms with Crippen molar-refractivity contribution in [1.82, 2.24) is 19.7 Å². The van der Waals surface area contributed by atoms with E-state index in [-0.39, 0.29) is 17.6 Å². The monoisotopic (exact) mass is 447 g/mol. The second-order valence-electron chi connectivity index (χ2n) is 9.63. The first-order valence-electron chi connectivity index (χ1n) is 11.5. The number of morpholine rings is 1. The summed E-state index contributed by atoms with van der Waals surface area (Å²) in [5.74, 6) is 1.69. The lowest BCUT2D eigenvalue weighted by Gasteiger charge is -2.36. The molecule has 2 unspecified atom stereocenters. The Kier molecular flexibility index (Phi) is 5.57. The van der Waals surface area contributed by atoms with E-state index in [2.05, 4.69) is 46.1 Å². The van der Waals surface area contributed by atoms with Gasteiger partial charge in [0.15, 0.2) is 11.6 Å². The average molecular weight is 448 g/mol. The Bertz CT molecular complexity index is 969. The van der Waals surface area contributed by atoms with Gasteiger partial charge in [-0.2, -0.15) is 13.9 Å². The number of rotatable bonds is 6. The fraction of sp³-hybridized carbons (Fsp3) is 0.652. The molecule has 0 radical (unpaired) electrons. The van der Waals surface area contributed by atoms with Gasteiger partial charge in [0.05, 0.1) is 18.4 Å². The minimum Gasteiger partial charge on any atom is -0.431 e. The quantitative estimate of drug-likeness (QED) is 0.723. The van der Waals surface area contributed by atoms with Gasteiger partial charge in [0, 0.05) is 48.5 Å². The highest BCUT2D eigenvalue weighted by molar-refractivity contribution is 5.64. The molecule has 0 aromatic carbocycles. The highest BCUT2D eigenvalue weighted by atomic mass is 19.3. The number of nitrogen functional groups attached to an aromatic ring is 1. The maximum atomic E-state index is 12.7. The topological polar surface area (TPSA) is 78.4 Å². The van der Waals surface area contributed by atoms with E-state index in [9.17, 15) is 8.78 Å². The standard InChI is InChI=1S/C23H31F2N5O2/c1-12(2)30-19(9-18(28-30)14-6-20(32-23(24)25)22(26)27-10-14)21-16-7-15(8-17(16)21)29-4-5-31-13(3)11-29/h6,9-10,12-13,15-17,21,23H,4-5,7-8,11H2,1-3H3,(H2,26,27)/t13-,15?,16-,17+,21?/m1/s1. The van der Waals surface area contributed by atoms with Crippen LogP contribution in [0, 0.1) is 11.8 Å². The van der Waals surface area contributed by atoms with Gasteiger partial charge in [0.2, 0.25) is 0 Å². The van der Waals surface area contributed by atoms with E-state index in [0.29, 0.717) is 41.2 Å². The molecule has 174 valence electrons. The van der Waals surface area contributed by atoms with Crippen molar-refractivity contribution in [3.8, 4) is 17.0 Å². The van der Waals surface area contributed by atoms with Gasteiger partial charge in [-0.1, -0.05) is 0 Å². The Hall–Kier alpha value is -2.26. The summed E-state index contributed by atoms with van der Waals surface area (Å²) in [7, 11) is 0. The Morgan fingerprint density at radius 2 is 1.97 bits per heavy atom. The smallest absolute Gasteiger partial charge is 0.387 e. The van der Waals surface area contributed by atoms with Crippen LogP contribution >= 0.6 is 0 Å². The SMILES string of the molecule is CC(C)n1nc(-c2cnc(N)c(OC(F)F)c2)cc1C1[C@H]2CC(N3CCO[C@H](C)C3)C[C@@H]12. The van der Waals surface area contributed by atoms with Crippen molar-refractivity contribution in [3.05, 3.63) is 24.0 Å². The first-order valence-corrected chi connectivity index (χ1v) is 11.5. The molecule has 2 aromatic rings. The molecule has 2 aromatic heterocycles. The molecule has 1 aliphatic heterocycles. The van der Waals surface area contributed by atoms with Gasteiger partial charge in [0.25, 0.3) is 0 Å². The normalized spacial score (nSPS) is 30.2. The molecule has 3 fully saturated rings. The van der Waals surface area contributed by atoms with Crippen LogP contribution in [0.2, 0.25) is 0 Å². The third-order valence-corrected chi connectivity index (χ3v) is 7.20. The van der Waals surface area contributed by atoms with Crippen molar-refractivity contribution < 1.29 is 18.3 Å². The summed E-state index contributed by atoms with van der Waals surface area (Å²) in [6, 6.07) is 4.44. The zero-order valence-corrected chi connectivity index (χ0v) is 18.7. The summed E-state index contributed by atoms with van der Waals surface area (Å²) in [4.78, 5) is 6.64. The van der Waals surface area contributed by atoms with E-state index >= 15 is 0 Å². The Morgan fingerprint density at radius 3 is 2.62 bits per heavy atom. The van der Waals surface area contributed by atoms with Crippen LogP contribution in [-0.2, 0) is 4.74 Å². The van der Waals surface area contributed by atoms with Crippen molar-refractivity contribution >= 4 is 5.82 Å². The van der Waals surface area contributed by atoms with Crippen LogP contribution in [0.25, 0.3) is 11.3 Å². The highest BCUT2D eigenvalue weighted by Gasteiger charge is 2.58. The molecule has 0 spiro atoms. The molecular formula is C23H31F2N5O2. The zero-order chi connectivity index (χ0) is 22.6. The highest BCUT2D eigenvalue weighted by Crippen LogP contribution is 2.64. The summed E-state index contributed by atoms with van der Waals surface area (Å²) < 4.78 is 37.7. The number of fused-ring (bicyclic) bond motifs is 1. The average Bonchev–Trinajstić information content (AvgIpc) is 3.08. The van der Waals surface area contributed by atoms with Crippen LogP contribution in [0.1, 0.15) is 51.3 Å². The molecule has 5 rings (SSSR count). The van der Waals surface area contributed by atoms with Crippen molar-refractivity contribution in [3.63, 3.8) is 0 Å². The molecule has 5 atom stereocenters. The number of halogens is 2. The van der Waals surface area contributed by atoms with Gasteiger partial charge in [0.1, 0.15) is 0 Å². The molecule has 3 aliphatic rings. The lowest BCUT2D eigenvalue weighted by molar-refractivity contribution is -0.0494.